The average Bonchev–Trinajstić information content (AvgIpc) is 2.21. The fourth-order valence-corrected chi connectivity index (χ4v) is 5.35. The molecule has 1 aliphatic carbocycles. The number of rotatable bonds is 2. The number of hydrogen-bond donors (Lipinski definition) is 1. The normalized spacial score (nSPS) is 39.1. The van der Waals surface area contributed by atoms with Gasteiger partial charge in [0.2, 0.25) is 0 Å². The summed E-state index contributed by atoms with van der Waals surface area (Å²) in [5, 5.41) is 0. The van der Waals surface area contributed by atoms with Gasteiger partial charge in [0.15, 0.2) is 0 Å². The quantitative estimate of drug-likeness (QED) is 0.848. The van der Waals surface area contributed by atoms with E-state index in [0.717, 1.165) is 25.6 Å². The summed E-state index contributed by atoms with van der Waals surface area (Å²) in [5.74, 6) is 0.742. The Morgan fingerprint density at radius 2 is 1.52 bits per heavy atom. The van der Waals surface area contributed by atoms with Gasteiger partial charge in [0.25, 0.3) is 0 Å². The maximum absolute atomic E-state index is 6.35. The van der Waals surface area contributed by atoms with Crippen LogP contribution in [0.3, 0.4) is 0 Å². The standard InChI is InChI=1S/C18H36N2O/c1-14-8-15(2,3)10-18(9-14,11-19)20-12-16(4,5)21-17(6,7)13-20/h14H,8-13,19H2,1-7H3. The molecule has 0 amide bonds. The molecule has 2 fully saturated rings. The number of ether oxygens (including phenoxy) is 1. The minimum atomic E-state index is -0.102. The van der Waals surface area contributed by atoms with E-state index in [1.165, 1.54) is 19.3 Å². The Morgan fingerprint density at radius 1 is 1.00 bits per heavy atom. The highest BCUT2D eigenvalue weighted by Crippen LogP contribution is 2.48. The van der Waals surface area contributed by atoms with E-state index in [0.29, 0.717) is 5.41 Å². The average molecular weight is 296 g/mol. The molecule has 1 aliphatic heterocycles. The van der Waals surface area contributed by atoms with Crippen molar-refractivity contribution in [2.45, 2.75) is 84.5 Å². The third-order valence-electron chi connectivity index (χ3n) is 5.18. The van der Waals surface area contributed by atoms with Crippen LogP contribution < -0.4 is 5.73 Å². The molecule has 2 rings (SSSR count). The molecule has 124 valence electrons. The van der Waals surface area contributed by atoms with Crippen LogP contribution in [0.5, 0.6) is 0 Å². The first-order valence-electron chi connectivity index (χ1n) is 8.54. The van der Waals surface area contributed by atoms with Gasteiger partial charge in [0.05, 0.1) is 11.2 Å². The van der Waals surface area contributed by atoms with Gasteiger partial charge >= 0.3 is 0 Å². The first-order valence-corrected chi connectivity index (χ1v) is 8.54. The Balaban J connectivity index is 2.31. The zero-order valence-electron chi connectivity index (χ0n) is 15.3. The molecule has 3 heteroatoms. The second kappa shape index (κ2) is 5.21. The van der Waals surface area contributed by atoms with E-state index in [4.69, 9.17) is 10.5 Å². The van der Waals surface area contributed by atoms with Crippen molar-refractivity contribution in [3.05, 3.63) is 0 Å². The summed E-state index contributed by atoms with van der Waals surface area (Å²) in [5.41, 5.74) is 6.66. The molecule has 0 radical (unpaired) electrons. The summed E-state index contributed by atoms with van der Waals surface area (Å²) in [7, 11) is 0. The van der Waals surface area contributed by atoms with Crippen LogP contribution in [0.4, 0.5) is 0 Å². The topological polar surface area (TPSA) is 38.5 Å². The van der Waals surface area contributed by atoms with Gasteiger partial charge in [-0.15, -0.1) is 0 Å². The maximum Gasteiger partial charge on any atom is 0.0761 e. The van der Waals surface area contributed by atoms with Crippen LogP contribution in [-0.2, 0) is 4.74 Å². The van der Waals surface area contributed by atoms with Gasteiger partial charge in [-0.1, -0.05) is 20.8 Å². The molecular weight excluding hydrogens is 260 g/mol. The summed E-state index contributed by atoms with van der Waals surface area (Å²) in [4.78, 5) is 2.66. The third-order valence-corrected chi connectivity index (χ3v) is 5.18. The summed E-state index contributed by atoms with van der Waals surface area (Å²) in [6.07, 6.45) is 3.73. The van der Waals surface area contributed by atoms with Gasteiger partial charge in [-0.05, 0) is 58.3 Å². The highest BCUT2D eigenvalue weighted by Gasteiger charge is 2.50. The van der Waals surface area contributed by atoms with Crippen LogP contribution in [0, 0.1) is 11.3 Å². The minimum Gasteiger partial charge on any atom is -0.367 e. The van der Waals surface area contributed by atoms with Crippen LogP contribution in [0.25, 0.3) is 0 Å². The summed E-state index contributed by atoms with van der Waals surface area (Å²) < 4.78 is 6.27. The van der Waals surface area contributed by atoms with Gasteiger partial charge in [-0.25, -0.2) is 0 Å². The lowest BCUT2D eigenvalue weighted by atomic mass is 9.63. The highest BCUT2D eigenvalue weighted by atomic mass is 16.5. The molecule has 0 aromatic heterocycles. The zero-order chi connectivity index (χ0) is 16.1. The lowest BCUT2D eigenvalue weighted by Crippen LogP contribution is -2.68. The van der Waals surface area contributed by atoms with E-state index in [2.05, 4.69) is 53.4 Å². The Hall–Kier alpha value is -0.120. The molecule has 0 spiro atoms. The number of nitrogens with zero attached hydrogens (tertiary/aromatic N) is 1. The molecule has 2 unspecified atom stereocenters. The van der Waals surface area contributed by atoms with Gasteiger partial charge in [-0.3, -0.25) is 4.90 Å². The fraction of sp³-hybridized carbons (Fsp3) is 1.00. The summed E-state index contributed by atoms with van der Waals surface area (Å²) in [6, 6.07) is 0. The summed E-state index contributed by atoms with van der Waals surface area (Å²) in [6.45, 7) is 18.8. The number of morpholine rings is 1. The van der Waals surface area contributed by atoms with E-state index < -0.39 is 0 Å². The second-order valence-electron chi connectivity index (χ2n) is 9.76. The predicted molar refractivity (Wildman–Crippen MR) is 89.4 cm³/mol. The number of nitrogens with two attached hydrogens (primary N) is 1. The molecule has 1 saturated heterocycles. The van der Waals surface area contributed by atoms with E-state index in [1.807, 2.05) is 0 Å². The van der Waals surface area contributed by atoms with Crippen molar-refractivity contribution < 1.29 is 4.74 Å². The van der Waals surface area contributed by atoms with Crippen LogP contribution in [0.1, 0.15) is 67.7 Å². The molecule has 1 saturated carbocycles. The van der Waals surface area contributed by atoms with Crippen molar-refractivity contribution in [2.75, 3.05) is 19.6 Å². The zero-order valence-corrected chi connectivity index (χ0v) is 15.3. The third kappa shape index (κ3) is 3.80. The molecule has 21 heavy (non-hydrogen) atoms. The van der Waals surface area contributed by atoms with E-state index in [9.17, 15) is 0 Å². The van der Waals surface area contributed by atoms with Crippen molar-refractivity contribution in [1.82, 2.24) is 4.90 Å². The van der Waals surface area contributed by atoms with Gasteiger partial charge in [0, 0.05) is 25.2 Å². The van der Waals surface area contributed by atoms with E-state index in [1.54, 1.807) is 0 Å². The predicted octanol–water partition coefficient (Wildman–Crippen LogP) is 3.42. The van der Waals surface area contributed by atoms with Gasteiger partial charge in [-0.2, -0.15) is 0 Å². The lowest BCUT2D eigenvalue weighted by molar-refractivity contribution is -0.207. The monoisotopic (exact) mass is 296 g/mol. The van der Waals surface area contributed by atoms with Crippen molar-refractivity contribution in [3.63, 3.8) is 0 Å². The van der Waals surface area contributed by atoms with Crippen LogP contribution in [0.2, 0.25) is 0 Å². The van der Waals surface area contributed by atoms with Crippen molar-refractivity contribution in [2.24, 2.45) is 17.1 Å². The Morgan fingerprint density at radius 3 is 1.95 bits per heavy atom. The Bertz CT molecular complexity index is 373. The first kappa shape index (κ1) is 17.2. The van der Waals surface area contributed by atoms with E-state index >= 15 is 0 Å². The van der Waals surface area contributed by atoms with Crippen LogP contribution in [0.15, 0.2) is 0 Å². The van der Waals surface area contributed by atoms with Crippen molar-refractivity contribution >= 4 is 0 Å². The van der Waals surface area contributed by atoms with Crippen molar-refractivity contribution in [3.8, 4) is 0 Å². The molecule has 2 atom stereocenters. The SMILES string of the molecule is CC1CC(C)(C)CC(CN)(N2CC(C)(C)OC(C)(C)C2)C1. The van der Waals surface area contributed by atoms with Crippen LogP contribution in [-0.4, -0.2) is 41.3 Å². The highest BCUT2D eigenvalue weighted by molar-refractivity contribution is 5.05. The van der Waals surface area contributed by atoms with E-state index in [-0.39, 0.29) is 16.7 Å². The minimum absolute atomic E-state index is 0.102. The molecular formula is C18H36N2O. The lowest BCUT2D eigenvalue weighted by Gasteiger charge is -2.58. The number of hydrogen-bond acceptors (Lipinski definition) is 3. The fourth-order valence-electron chi connectivity index (χ4n) is 5.35. The molecule has 3 nitrogen and oxygen atoms in total. The second-order valence-corrected chi connectivity index (χ2v) is 9.76. The molecule has 0 aromatic rings. The van der Waals surface area contributed by atoms with Crippen molar-refractivity contribution in [1.29, 1.82) is 0 Å². The molecule has 1 heterocycles. The van der Waals surface area contributed by atoms with Crippen LogP contribution >= 0.6 is 0 Å². The summed E-state index contributed by atoms with van der Waals surface area (Å²) >= 11 is 0. The first-order chi connectivity index (χ1) is 9.39. The Kier molecular flexibility index (Phi) is 4.28. The smallest absolute Gasteiger partial charge is 0.0761 e. The van der Waals surface area contributed by atoms with Gasteiger partial charge in [0.1, 0.15) is 0 Å². The largest absolute Gasteiger partial charge is 0.367 e. The van der Waals surface area contributed by atoms with Gasteiger partial charge < -0.3 is 10.5 Å². The molecule has 2 aliphatic rings. The maximum atomic E-state index is 6.35. The molecule has 0 bridgehead atoms. The molecule has 0 aromatic carbocycles. The Labute approximate surface area is 131 Å². The molecule has 2 N–H and O–H groups in total.